The second-order valence-corrected chi connectivity index (χ2v) is 6.58. The van der Waals surface area contributed by atoms with Gasteiger partial charge in [0.25, 0.3) is 0 Å². The van der Waals surface area contributed by atoms with Gasteiger partial charge in [0, 0.05) is 37.1 Å². The van der Waals surface area contributed by atoms with E-state index >= 15 is 0 Å². The van der Waals surface area contributed by atoms with Gasteiger partial charge in [-0.05, 0) is 33.1 Å². The number of nitrogens with one attached hydrogen (secondary N) is 1. The van der Waals surface area contributed by atoms with Gasteiger partial charge in [-0.15, -0.1) is 0 Å². The van der Waals surface area contributed by atoms with Gasteiger partial charge in [-0.1, -0.05) is 0 Å². The maximum Gasteiger partial charge on any atom is 0.221 e. The molecule has 1 aliphatic heterocycles. The molecule has 1 amide bonds. The van der Waals surface area contributed by atoms with Gasteiger partial charge in [0.15, 0.2) is 0 Å². The highest BCUT2D eigenvalue weighted by atomic mass is 16.5. The van der Waals surface area contributed by atoms with Gasteiger partial charge in [0.2, 0.25) is 5.91 Å². The van der Waals surface area contributed by atoms with Crippen molar-refractivity contribution in [2.24, 2.45) is 5.73 Å². The van der Waals surface area contributed by atoms with Gasteiger partial charge < -0.3 is 15.8 Å². The fraction of sp³-hybridized carbons (Fsp3) is 0.929. The summed E-state index contributed by atoms with van der Waals surface area (Å²) in [5, 5.41) is 3.04. The summed E-state index contributed by atoms with van der Waals surface area (Å²) in [6.07, 6.45) is 3.58. The maximum absolute atomic E-state index is 11.9. The Balaban J connectivity index is 1.75. The normalized spacial score (nSPS) is 23.7. The Labute approximate surface area is 115 Å². The molecule has 0 aromatic rings. The molecule has 0 atom stereocenters. The minimum atomic E-state index is -0.229. The second-order valence-electron chi connectivity index (χ2n) is 6.58. The average molecular weight is 269 g/mol. The molecule has 0 aromatic heterocycles. The lowest BCUT2D eigenvalue weighted by Gasteiger charge is -2.41. The van der Waals surface area contributed by atoms with Crippen LogP contribution in [0.4, 0.5) is 0 Å². The molecule has 2 fully saturated rings. The Bertz CT molecular complexity index is 321. The van der Waals surface area contributed by atoms with Crippen molar-refractivity contribution in [3.05, 3.63) is 0 Å². The number of carbonyl (C=O) groups excluding carboxylic acids is 1. The van der Waals surface area contributed by atoms with E-state index < -0.39 is 0 Å². The quantitative estimate of drug-likeness (QED) is 0.762. The van der Waals surface area contributed by atoms with Gasteiger partial charge in [-0.2, -0.15) is 0 Å². The Morgan fingerprint density at radius 1 is 1.37 bits per heavy atom. The van der Waals surface area contributed by atoms with Crippen molar-refractivity contribution < 1.29 is 9.53 Å². The summed E-state index contributed by atoms with van der Waals surface area (Å²) < 4.78 is 5.36. The molecular weight excluding hydrogens is 242 g/mol. The van der Waals surface area contributed by atoms with Crippen molar-refractivity contribution >= 4 is 5.91 Å². The zero-order valence-electron chi connectivity index (χ0n) is 12.2. The molecular formula is C14H27N3O2. The van der Waals surface area contributed by atoms with Crippen molar-refractivity contribution in [3.63, 3.8) is 0 Å². The fourth-order valence-electron chi connectivity index (χ4n) is 2.79. The Morgan fingerprint density at radius 3 is 2.53 bits per heavy atom. The Hall–Kier alpha value is -0.650. The molecule has 0 unspecified atom stereocenters. The van der Waals surface area contributed by atoms with Gasteiger partial charge in [0.05, 0.1) is 13.2 Å². The molecule has 0 radical (unpaired) electrons. The van der Waals surface area contributed by atoms with Crippen LogP contribution in [0.2, 0.25) is 0 Å². The van der Waals surface area contributed by atoms with Crippen LogP contribution in [0.3, 0.4) is 0 Å². The predicted molar refractivity (Wildman–Crippen MR) is 74.9 cm³/mol. The van der Waals surface area contributed by atoms with Gasteiger partial charge in [-0.3, -0.25) is 9.69 Å². The molecule has 1 heterocycles. The molecule has 110 valence electrons. The summed E-state index contributed by atoms with van der Waals surface area (Å²) in [5.41, 5.74) is 5.84. The number of ether oxygens (including phenoxy) is 1. The number of morpholine rings is 1. The van der Waals surface area contributed by atoms with Crippen LogP contribution in [0.1, 0.15) is 39.5 Å². The first-order valence-corrected chi connectivity index (χ1v) is 7.30. The van der Waals surface area contributed by atoms with Crippen LogP contribution < -0.4 is 11.1 Å². The molecule has 1 saturated carbocycles. The lowest BCUT2D eigenvalue weighted by molar-refractivity contribution is -0.123. The van der Waals surface area contributed by atoms with E-state index in [1.807, 2.05) is 0 Å². The van der Waals surface area contributed by atoms with E-state index in [9.17, 15) is 4.79 Å². The van der Waals surface area contributed by atoms with Crippen molar-refractivity contribution in [3.8, 4) is 0 Å². The van der Waals surface area contributed by atoms with Crippen molar-refractivity contribution in [1.29, 1.82) is 0 Å². The number of amides is 1. The lowest BCUT2D eigenvalue weighted by Crippen LogP contribution is -2.56. The van der Waals surface area contributed by atoms with Gasteiger partial charge in [0.1, 0.15) is 0 Å². The van der Waals surface area contributed by atoms with Crippen molar-refractivity contribution in [2.75, 3.05) is 32.8 Å². The van der Waals surface area contributed by atoms with Crippen LogP contribution >= 0.6 is 0 Å². The van der Waals surface area contributed by atoms with E-state index in [2.05, 4.69) is 24.1 Å². The van der Waals surface area contributed by atoms with E-state index in [1.165, 1.54) is 0 Å². The van der Waals surface area contributed by atoms with E-state index in [-0.39, 0.29) is 17.0 Å². The third-order valence-corrected chi connectivity index (χ3v) is 4.45. The molecule has 0 spiro atoms. The summed E-state index contributed by atoms with van der Waals surface area (Å²) in [4.78, 5) is 14.3. The zero-order valence-corrected chi connectivity index (χ0v) is 12.2. The molecule has 2 aliphatic rings. The van der Waals surface area contributed by atoms with Crippen LogP contribution in [0.5, 0.6) is 0 Å². The number of nitrogens with zero attached hydrogens (tertiary/aromatic N) is 1. The maximum atomic E-state index is 11.9. The second kappa shape index (κ2) is 5.77. The Kier molecular flexibility index (Phi) is 4.48. The van der Waals surface area contributed by atoms with Crippen molar-refractivity contribution in [1.82, 2.24) is 10.2 Å². The molecule has 0 bridgehead atoms. The number of hydrogen-bond donors (Lipinski definition) is 2. The Morgan fingerprint density at radius 2 is 2.00 bits per heavy atom. The molecule has 1 saturated heterocycles. The molecule has 5 nitrogen and oxygen atoms in total. The van der Waals surface area contributed by atoms with E-state index in [0.29, 0.717) is 13.0 Å². The molecule has 1 aliphatic carbocycles. The van der Waals surface area contributed by atoms with Gasteiger partial charge in [-0.25, -0.2) is 0 Å². The first-order chi connectivity index (χ1) is 8.91. The number of nitrogens with two attached hydrogens (primary N) is 1. The lowest BCUT2D eigenvalue weighted by atomic mass is 9.75. The number of hydrogen-bond acceptors (Lipinski definition) is 4. The number of carbonyl (C=O) groups is 1. The molecule has 19 heavy (non-hydrogen) atoms. The largest absolute Gasteiger partial charge is 0.379 e. The number of rotatable bonds is 5. The first-order valence-electron chi connectivity index (χ1n) is 7.30. The molecule has 3 N–H and O–H groups in total. The smallest absolute Gasteiger partial charge is 0.221 e. The summed E-state index contributed by atoms with van der Waals surface area (Å²) in [7, 11) is 0. The van der Waals surface area contributed by atoms with Crippen LogP contribution in [0.15, 0.2) is 0 Å². The van der Waals surface area contributed by atoms with E-state index in [0.717, 1.165) is 45.6 Å². The SMILES string of the molecule is CC(C)(CNC(=O)CC1(N)CCC1)N1CCOCC1. The molecule has 2 rings (SSSR count). The summed E-state index contributed by atoms with van der Waals surface area (Å²) >= 11 is 0. The van der Waals surface area contributed by atoms with Gasteiger partial charge >= 0.3 is 0 Å². The molecule has 0 aromatic carbocycles. The third kappa shape index (κ3) is 3.91. The van der Waals surface area contributed by atoms with Crippen LogP contribution in [0, 0.1) is 0 Å². The van der Waals surface area contributed by atoms with Crippen LogP contribution in [-0.2, 0) is 9.53 Å². The van der Waals surface area contributed by atoms with E-state index in [1.54, 1.807) is 0 Å². The third-order valence-electron chi connectivity index (χ3n) is 4.45. The highest BCUT2D eigenvalue weighted by Gasteiger charge is 2.35. The minimum Gasteiger partial charge on any atom is -0.379 e. The standard InChI is InChI=1S/C14H27N3O2/c1-13(2,17-6-8-19-9-7-17)11-16-12(18)10-14(15)4-3-5-14/h3-11,15H2,1-2H3,(H,16,18). The average Bonchev–Trinajstić information content (AvgIpc) is 2.36. The zero-order chi connectivity index (χ0) is 13.9. The molecule has 5 heteroatoms. The van der Waals surface area contributed by atoms with Crippen LogP contribution in [-0.4, -0.2) is 54.7 Å². The highest BCUT2D eigenvalue weighted by molar-refractivity contribution is 5.77. The monoisotopic (exact) mass is 269 g/mol. The van der Waals surface area contributed by atoms with Crippen LogP contribution in [0.25, 0.3) is 0 Å². The fourth-order valence-corrected chi connectivity index (χ4v) is 2.79. The summed E-state index contributed by atoms with van der Waals surface area (Å²) in [5.74, 6) is 0.0866. The topological polar surface area (TPSA) is 67.6 Å². The predicted octanol–water partition coefficient (Wildman–Crippen LogP) is 0.485. The minimum absolute atomic E-state index is 0.0270. The highest BCUT2D eigenvalue weighted by Crippen LogP contribution is 2.31. The summed E-state index contributed by atoms with van der Waals surface area (Å²) in [6.45, 7) is 8.43. The van der Waals surface area contributed by atoms with Crippen molar-refractivity contribution in [2.45, 2.75) is 50.6 Å². The first kappa shape index (κ1) is 14.8. The van der Waals surface area contributed by atoms with E-state index in [4.69, 9.17) is 10.5 Å². The summed E-state index contributed by atoms with van der Waals surface area (Å²) in [6, 6.07) is 0.